The molecule has 7 heteroatoms. The maximum atomic E-state index is 12.2. The Bertz CT molecular complexity index is 629. The van der Waals surface area contributed by atoms with Gasteiger partial charge in [0, 0.05) is 31.9 Å². The normalized spacial score (nSPS) is 16.9. The van der Waals surface area contributed by atoms with Gasteiger partial charge in [-0.05, 0) is 46.0 Å². The molecule has 0 atom stereocenters. The number of nitrogens with zero attached hydrogens (tertiary/aromatic N) is 3. The van der Waals surface area contributed by atoms with Crippen LogP contribution in [0.2, 0.25) is 0 Å². The zero-order valence-corrected chi connectivity index (χ0v) is 16.4. The highest BCUT2D eigenvalue weighted by Crippen LogP contribution is 2.34. The van der Waals surface area contributed by atoms with E-state index in [9.17, 15) is 9.59 Å². The first-order valence-corrected chi connectivity index (χ1v) is 9.08. The van der Waals surface area contributed by atoms with E-state index in [2.05, 4.69) is 16.9 Å². The molecule has 1 aliphatic rings. The molecule has 0 aliphatic carbocycles. The van der Waals surface area contributed by atoms with Crippen LogP contribution in [-0.2, 0) is 15.9 Å². The lowest BCUT2D eigenvalue weighted by Crippen LogP contribution is -2.45. The van der Waals surface area contributed by atoms with Crippen molar-refractivity contribution >= 4 is 12.1 Å². The third-order valence-electron chi connectivity index (χ3n) is 4.42. The van der Waals surface area contributed by atoms with Gasteiger partial charge in [0.2, 0.25) is 0 Å². The maximum absolute atomic E-state index is 12.2. The molecule has 1 aliphatic heterocycles. The SMILES string of the molecule is CCOC(=O)c1cnc(CC2(C)CCN(C(=O)OC(C)(C)C)CC2)nc1. The van der Waals surface area contributed by atoms with E-state index in [1.165, 1.54) is 12.4 Å². The molecule has 1 fully saturated rings. The summed E-state index contributed by atoms with van der Waals surface area (Å²) in [5.41, 5.74) is -0.100. The Kier molecular flexibility index (Phi) is 6.21. The lowest BCUT2D eigenvalue weighted by molar-refractivity contribution is 0.0118. The Labute approximate surface area is 155 Å². The highest BCUT2D eigenvalue weighted by molar-refractivity contribution is 5.88. The van der Waals surface area contributed by atoms with Crippen LogP contribution in [0.5, 0.6) is 0 Å². The van der Waals surface area contributed by atoms with Gasteiger partial charge in [-0.15, -0.1) is 0 Å². The molecule has 7 nitrogen and oxygen atoms in total. The molecule has 1 aromatic rings. The molecule has 1 amide bonds. The van der Waals surface area contributed by atoms with Crippen LogP contribution >= 0.6 is 0 Å². The number of aromatic nitrogens is 2. The zero-order chi connectivity index (χ0) is 19.4. The summed E-state index contributed by atoms with van der Waals surface area (Å²) in [6.07, 6.45) is 5.19. The van der Waals surface area contributed by atoms with Gasteiger partial charge in [0.25, 0.3) is 0 Å². The topological polar surface area (TPSA) is 81.6 Å². The molecule has 0 bridgehead atoms. The van der Waals surface area contributed by atoms with Crippen LogP contribution in [0.25, 0.3) is 0 Å². The second kappa shape index (κ2) is 8.01. The predicted octanol–water partition coefficient (Wildman–Crippen LogP) is 3.23. The molecule has 1 aromatic heterocycles. The molecule has 26 heavy (non-hydrogen) atoms. The van der Waals surface area contributed by atoms with Crippen molar-refractivity contribution in [2.45, 2.75) is 59.5 Å². The van der Waals surface area contributed by atoms with Crippen LogP contribution in [0.4, 0.5) is 4.79 Å². The molecule has 1 saturated heterocycles. The third-order valence-corrected chi connectivity index (χ3v) is 4.42. The summed E-state index contributed by atoms with van der Waals surface area (Å²) >= 11 is 0. The first-order valence-electron chi connectivity index (χ1n) is 9.08. The van der Waals surface area contributed by atoms with Gasteiger partial charge >= 0.3 is 12.1 Å². The van der Waals surface area contributed by atoms with Crippen molar-refractivity contribution in [1.29, 1.82) is 0 Å². The van der Waals surface area contributed by atoms with Crippen LogP contribution in [0.1, 0.15) is 63.6 Å². The quantitative estimate of drug-likeness (QED) is 0.764. The lowest BCUT2D eigenvalue weighted by Gasteiger charge is -2.39. The number of likely N-dealkylation sites (tertiary alicyclic amines) is 1. The average Bonchev–Trinajstić information content (AvgIpc) is 2.54. The highest BCUT2D eigenvalue weighted by atomic mass is 16.6. The molecule has 0 saturated carbocycles. The van der Waals surface area contributed by atoms with Crippen molar-refractivity contribution in [1.82, 2.24) is 14.9 Å². The Morgan fingerprint density at radius 3 is 2.27 bits per heavy atom. The van der Waals surface area contributed by atoms with Gasteiger partial charge in [-0.2, -0.15) is 0 Å². The summed E-state index contributed by atoms with van der Waals surface area (Å²) < 4.78 is 10.4. The van der Waals surface area contributed by atoms with E-state index < -0.39 is 11.6 Å². The van der Waals surface area contributed by atoms with Gasteiger partial charge in [0.15, 0.2) is 0 Å². The van der Waals surface area contributed by atoms with E-state index in [1.54, 1.807) is 11.8 Å². The Hall–Kier alpha value is -2.18. The summed E-state index contributed by atoms with van der Waals surface area (Å²) in [5.74, 6) is 0.294. The predicted molar refractivity (Wildman–Crippen MR) is 96.8 cm³/mol. The van der Waals surface area contributed by atoms with E-state index in [1.807, 2.05) is 20.8 Å². The number of piperidine rings is 1. The fourth-order valence-corrected chi connectivity index (χ4v) is 2.88. The number of hydrogen-bond donors (Lipinski definition) is 0. The minimum Gasteiger partial charge on any atom is -0.462 e. The first-order chi connectivity index (χ1) is 12.1. The van der Waals surface area contributed by atoms with Crippen LogP contribution in [0, 0.1) is 5.41 Å². The molecule has 2 heterocycles. The molecular formula is C19H29N3O4. The van der Waals surface area contributed by atoms with Crippen molar-refractivity contribution in [3.8, 4) is 0 Å². The van der Waals surface area contributed by atoms with Crippen molar-refractivity contribution in [3.63, 3.8) is 0 Å². The number of ether oxygens (including phenoxy) is 2. The summed E-state index contributed by atoms with van der Waals surface area (Å²) in [6, 6.07) is 0. The summed E-state index contributed by atoms with van der Waals surface area (Å²) in [5, 5.41) is 0. The van der Waals surface area contributed by atoms with Crippen LogP contribution in [0.15, 0.2) is 12.4 Å². The molecular weight excluding hydrogens is 334 g/mol. The number of carbonyl (C=O) groups is 2. The number of amides is 1. The van der Waals surface area contributed by atoms with Gasteiger partial charge in [-0.25, -0.2) is 19.6 Å². The van der Waals surface area contributed by atoms with E-state index in [-0.39, 0.29) is 11.5 Å². The van der Waals surface area contributed by atoms with Crippen LogP contribution in [-0.4, -0.2) is 52.2 Å². The lowest BCUT2D eigenvalue weighted by atomic mass is 9.77. The largest absolute Gasteiger partial charge is 0.462 e. The van der Waals surface area contributed by atoms with Crippen LogP contribution in [0.3, 0.4) is 0 Å². The second-order valence-corrected chi connectivity index (χ2v) is 8.06. The van der Waals surface area contributed by atoms with E-state index >= 15 is 0 Å². The smallest absolute Gasteiger partial charge is 0.410 e. The second-order valence-electron chi connectivity index (χ2n) is 8.06. The van der Waals surface area contributed by atoms with Gasteiger partial charge in [0.1, 0.15) is 11.4 Å². The number of esters is 1. The molecule has 0 radical (unpaired) electrons. The van der Waals surface area contributed by atoms with Crippen molar-refractivity contribution < 1.29 is 19.1 Å². The maximum Gasteiger partial charge on any atom is 0.410 e. The molecule has 0 spiro atoms. The summed E-state index contributed by atoms with van der Waals surface area (Å²) in [7, 11) is 0. The highest BCUT2D eigenvalue weighted by Gasteiger charge is 2.34. The Morgan fingerprint density at radius 2 is 1.77 bits per heavy atom. The minimum absolute atomic E-state index is 0.0178. The number of carbonyl (C=O) groups excluding carboxylic acids is 2. The third kappa shape index (κ3) is 5.68. The van der Waals surface area contributed by atoms with Crippen LogP contribution < -0.4 is 0 Å². The van der Waals surface area contributed by atoms with Crippen molar-refractivity contribution in [3.05, 3.63) is 23.8 Å². The van der Waals surface area contributed by atoms with Gasteiger partial charge in [-0.1, -0.05) is 6.92 Å². The minimum atomic E-state index is -0.480. The molecule has 144 valence electrons. The average molecular weight is 363 g/mol. The van der Waals surface area contributed by atoms with Crippen molar-refractivity contribution in [2.24, 2.45) is 5.41 Å². The Balaban J connectivity index is 1.91. The molecule has 0 aromatic carbocycles. The molecule has 0 unspecified atom stereocenters. The van der Waals surface area contributed by atoms with Gasteiger partial charge in [0.05, 0.1) is 12.2 Å². The molecule has 2 rings (SSSR count). The summed E-state index contributed by atoms with van der Waals surface area (Å²) in [6.45, 7) is 11.2. The van der Waals surface area contributed by atoms with Gasteiger partial charge < -0.3 is 14.4 Å². The van der Waals surface area contributed by atoms with Gasteiger partial charge in [-0.3, -0.25) is 0 Å². The fraction of sp³-hybridized carbons (Fsp3) is 0.684. The fourth-order valence-electron chi connectivity index (χ4n) is 2.88. The van der Waals surface area contributed by atoms with E-state index in [4.69, 9.17) is 9.47 Å². The number of hydrogen-bond acceptors (Lipinski definition) is 6. The monoisotopic (exact) mass is 363 g/mol. The molecule has 0 N–H and O–H groups in total. The standard InChI is InChI=1S/C19H29N3O4/c1-6-25-16(23)14-12-20-15(21-13-14)11-19(5)7-9-22(10-8-19)17(24)26-18(2,3)4/h12-13H,6-11H2,1-5H3. The first kappa shape index (κ1) is 20.1. The number of rotatable bonds is 4. The summed E-state index contributed by atoms with van der Waals surface area (Å²) in [4.78, 5) is 34.2. The van der Waals surface area contributed by atoms with E-state index in [0.717, 1.165) is 12.8 Å². The van der Waals surface area contributed by atoms with Crippen molar-refractivity contribution in [2.75, 3.05) is 19.7 Å². The van der Waals surface area contributed by atoms with E-state index in [0.29, 0.717) is 37.5 Å². The Morgan fingerprint density at radius 1 is 1.19 bits per heavy atom. The zero-order valence-electron chi connectivity index (χ0n) is 16.4.